The average molecular weight is 547 g/mol. The molecule has 3 heterocycles. The van der Waals surface area contributed by atoms with Crippen LogP contribution >= 0.6 is 0 Å². The van der Waals surface area contributed by atoms with Gasteiger partial charge in [-0.3, -0.25) is 9.69 Å². The van der Waals surface area contributed by atoms with Gasteiger partial charge in [-0.1, -0.05) is 12.1 Å². The number of carboxylic acids is 1. The summed E-state index contributed by atoms with van der Waals surface area (Å²) in [5.74, 6) is 0.142. The molecule has 1 aromatic heterocycles. The van der Waals surface area contributed by atoms with E-state index in [4.69, 9.17) is 15.6 Å². The minimum atomic E-state index is -0.712. The fraction of sp³-hybridized carbons (Fsp3) is 0.433. The summed E-state index contributed by atoms with van der Waals surface area (Å²) in [5.41, 5.74) is 9.60. The molecule has 212 valence electrons. The molecule has 0 aliphatic carbocycles. The fourth-order valence-corrected chi connectivity index (χ4v) is 5.46. The number of phenolic OH excluding ortho intramolecular Hbond substituents is 1. The van der Waals surface area contributed by atoms with Crippen LogP contribution in [-0.4, -0.2) is 83.2 Å². The first kappa shape index (κ1) is 27.5. The number of carbonyl (C=O) groups is 1. The van der Waals surface area contributed by atoms with Crippen LogP contribution in [0.2, 0.25) is 0 Å². The van der Waals surface area contributed by atoms with Crippen LogP contribution < -0.4 is 20.3 Å². The van der Waals surface area contributed by atoms with Crippen LogP contribution in [0.25, 0.3) is 11.3 Å². The van der Waals surface area contributed by atoms with Crippen molar-refractivity contribution < 1.29 is 19.7 Å². The number of carboxylic acid groups (broad SMARTS) is 1. The normalized spacial score (nSPS) is 18.1. The summed E-state index contributed by atoms with van der Waals surface area (Å²) in [6.07, 6.45) is 3.82. The number of piperazine rings is 1. The number of piperidine rings is 1. The minimum Gasteiger partial charge on any atom is -0.507 e. The van der Waals surface area contributed by atoms with Gasteiger partial charge in [0.05, 0.1) is 6.54 Å². The number of nitrogen functional groups attached to an aromatic ring is 1. The molecule has 0 spiro atoms. The van der Waals surface area contributed by atoms with Crippen LogP contribution in [0.1, 0.15) is 32.1 Å². The van der Waals surface area contributed by atoms with Crippen molar-refractivity contribution in [2.75, 3.05) is 61.3 Å². The molecule has 10 nitrogen and oxygen atoms in total. The zero-order valence-corrected chi connectivity index (χ0v) is 22.8. The lowest BCUT2D eigenvalue weighted by atomic mass is 10.1. The van der Waals surface area contributed by atoms with Gasteiger partial charge in [-0.2, -0.15) is 0 Å². The summed E-state index contributed by atoms with van der Waals surface area (Å²) in [4.78, 5) is 17.9. The number of phenols is 1. The molecule has 2 aliphatic rings. The van der Waals surface area contributed by atoms with Crippen LogP contribution in [0, 0.1) is 0 Å². The number of unbranched alkanes of at least 4 members (excludes halogenated alkanes) is 1. The third kappa shape index (κ3) is 6.93. The third-order valence-electron chi connectivity index (χ3n) is 7.70. The second-order valence-electron chi connectivity index (χ2n) is 10.5. The van der Waals surface area contributed by atoms with Crippen molar-refractivity contribution in [2.45, 2.75) is 38.2 Å². The molecule has 2 fully saturated rings. The van der Waals surface area contributed by atoms with E-state index >= 15 is 0 Å². The number of benzene rings is 2. The van der Waals surface area contributed by atoms with Gasteiger partial charge in [0.15, 0.2) is 11.6 Å². The Morgan fingerprint density at radius 1 is 0.950 bits per heavy atom. The molecule has 0 radical (unpaired) electrons. The van der Waals surface area contributed by atoms with E-state index in [0.29, 0.717) is 17.0 Å². The molecule has 0 saturated carbocycles. The first-order valence-electron chi connectivity index (χ1n) is 14.1. The Morgan fingerprint density at radius 3 is 2.40 bits per heavy atom. The highest BCUT2D eigenvalue weighted by atomic mass is 16.5. The predicted octanol–water partition coefficient (Wildman–Crippen LogP) is 3.86. The Hall–Kier alpha value is -4.05. The lowest BCUT2D eigenvalue weighted by Crippen LogP contribution is -2.46. The number of ether oxygens (including phenoxy) is 1. The minimum absolute atomic E-state index is 0.0410. The van der Waals surface area contributed by atoms with Crippen molar-refractivity contribution in [1.82, 2.24) is 15.1 Å². The number of hydrogen-bond donors (Lipinski definition) is 3. The SMILES string of the molecule is Nc1nnc(-c2ccccc2O)cc1O[C@H]1CCCN(c2ccc(N3CCN(CCCCC(=O)O)CC3)cc2)C1. The molecule has 1 atom stereocenters. The van der Waals surface area contributed by atoms with Crippen molar-refractivity contribution in [3.05, 3.63) is 54.6 Å². The van der Waals surface area contributed by atoms with Gasteiger partial charge < -0.3 is 30.5 Å². The number of aromatic hydroxyl groups is 1. The molecule has 4 N–H and O–H groups in total. The van der Waals surface area contributed by atoms with Gasteiger partial charge in [0, 0.05) is 62.1 Å². The maximum absolute atomic E-state index is 10.7. The van der Waals surface area contributed by atoms with Crippen LogP contribution in [0.5, 0.6) is 11.5 Å². The van der Waals surface area contributed by atoms with Crippen molar-refractivity contribution in [3.8, 4) is 22.8 Å². The largest absolute Gasteiger partial charge is 0.507 e. The van der Waals surface area contributed by atoms with E-state index in [2.05, 4.69) is 49.2 Å². The van der Waals surface area contributed by atoms with Crippen molar-refractivity contribution in [2.24, 2.45) is 0 Å². The van der Waals surface area contributed by atoms with Gasteiger partial charge in [-0.15, -0.1) is 10.2 Å². The summed E-state index contributed by atoms with van der Waals surface area (Å²) in [6, 6.07) is 17.5. The lowest BCUT2D eigenvalue weighted by Gasteiger charge is -2.37. The summed E-state index contributed by atoms with van der Waals surface area (Å²) in [7, 11) is 0. The van der Waals surface area contributed by atoms with E-state index < -0.39 is 5.97 Å². The maximum Gasteiger partial charge on any atom is 0.303 e. The molecule has 10 heteroatoms. The fourth-order valence-electron chi connectivity index (χ4n) is 5.46. The monoisotopic (exact) mass is 546 g/mol. The van der Waals surface area contributed by atoms with E-state index in [1.807, 2.05) is 6.07 Å². The number of aliphatic carboxylic acids is 1. The number of aromatic nitrogens is 2. The van der Waals surface area contributed by atoms with Gasteiger partial charge in [-0.25, -0.2) is 0 Å². The molecule has 2 aliphatic heterocycles. The van der Waals surface area contributed by atoms with Gasteiger partial charge in [0.1, 0.15) is 17.5 Å². The molecule has 0 bridgehead atoms. The van der Waals surface area contributed by atoms with Crippen LogP contribution in [0.15, 0.2) is 54.6 Å². The Labute approximate surface area is 235 Å². The zero-order valence-electron chi connectivity index (χ0n) is 22.8. The Bertz CT molecular complexity index is 1280. The Balaban J connectivity index is 1.15. The summed E-state index contributed by atoms with van der Waals surface area (Å²) in [6.45, 7) is 6.62. The highest BCUT2D eigenvalue weighted by Crippen LogP contribution is 2.32. The highest BCUT2D eigenvalue weighted by Gasteiger charge is 2.24. The number of rotatable bonds is 10. The van der Waals surface area contributed by atoms with Gasteiger partial charge in [0.2, 0.25) is 0 Å². The standard InChI is InChI=1S/C30H38N6O4/c31-30-28(20-26(32-33-30)25-7-1-2-8-27(25)37)40-24-6-5-15-36(21-24)23-12-10-22(11-13-23)35-18-16-34(17-19-35)14-4-3-9-29(38)39/h1-2,7-8,10-13,20,24,37H,3-6,9,14-19,21H2,(H2,31,33)(H,38,39)/t24-/m0/s1. The van der Waals surface area contributed by atoms with Gasteiger partial charge in [0.25, 0.3) is 0 Å². The number of nitrogens with two attached hydrogens (primary N) is 1. The smallest absolute Gasteiger partial charge is 0.303 e. The third-order valence-corrected chi connectivity index (χ3v) is 7.70. The average Bonchev–Trinajstić information content (AvgIpc) is 2.97. The van der Waals surface area contributed by atoms with E-state index in [-0.39, 0.29) is 24.1 Å². The maximum atomic E-state index is 10.7. The van der Waals surface area contributed by atoms with Gasteiger partial charge >= 0.3 is 5.97 Å². The number of nitrogens with zero attached hydrogens (tertiary/aromatic N) is 5. The van der Waals surface area contributed by atoms with Gasteiger partial charge in [-0.05, 0) is 68.6 Å². The molecular formula is C30H38N6O4. The molecule has 40 heavy (non-hydrogen) atoms. The first-order valence-corrected chi connectivity index (χ1v) is 14.1. The van der Waals surface area contributed by atoms with E-state index in [1.54, 1.807) is 24.3 Å². The van der Waals surface area contributed by atoms with Crippen molar-refractivity contribution in [3.63, 3.8) is 0 Å². The Morgan fingerprint density at radius 2 is 1.68 bits per heavy atom. The zero-order chi connectivity index (χ0) is 27.9. The van der Waals surface area contributed by atoms with Crippen LogP contribution in [0.3, 0.4) is 0 Å². The summed E-state index contributed by atoms with van der Waals surface area (Å²) in [5, 5.41) is 27.2. The second-order valence-corrected chi connectivity index (χ2v) is 10.5. The predicted molar refractivity (Wildman–Crippen MR) is 156 cm³/mol. The molecule has 0 unspecified atom stereocenters. The van der Waals surface area contributed by atoms with Crippen molar-refractivity contribution in [1.29, 1.82) is 0 Å². The van der Waals surface area contributed by atoms with E-state index in [9.17, 15) is 9.90 Å². The summed E-state index contributed by atoms with van der Waals surface area (Å²) >= 11 is 0. The molecule has 2 aromatic carbocycles. The molecule has 2 saturated heterocycles. The quantitative estimate of drug-likeness (QED) is 0.323. The number of anilines is 3. The second kappa shape index (κ2) is 12.9. The van der Waals surface area contributed by atoms with E-state index in [1.165, 1.54) is 11.4 Å². The molecule has 5 rings (SSSR count). The molecule has 0 amide bonds. The molecule has 3 aromatic rings. The topological polar surface area (TPSA) is 128 Å². The lowest BCUT2D eigenvalue weighted by molar-refractivity contribution is -0.137. The number of hydrogen-bond acceptors (Lipinski definition) is 9. The number of para-hydroxylation sites is 1. The van der Waals surface area contributed by atoms with Crippen LogP contribution in [0.4, 0.5) is 17.2 Å². The van der Waals surface area contributed by atoms with Crippen LogP contribution in [-0.2, 0) is 4.79 Å². The molecular weight excluding hydrogens is 508 g/mol. The first-order chi connectivity index (χ1) is 19.5. The summed E-state index contributed by atoms with van der Waals surface area (Å²) < 4.78 is 6.32. The highest BCUT2D eigenvalue weighted by molar-refractivity contribution is 5.69. The van der Waals surface area contributed by atoms with Crippen molar-refractivity contribution >= 4 is 23.2 Å². The van der Waals surface area contributed by atoms with E-state index in [0.717, 1.165) is 71.5 Å². The Kier molecular flexibility index (Phi) is 8.85.